The van der Waals surface area contributed by atoms with Crippen molar-refractivity contribution in [2.24, 2.45) is 0 Å². The van der Waals surface area contributed by atoms with Gasteiger partial charge in [-0.2, -0.15) is 5.26 Å². The summed E-state index contributed by atoms with van der Waals surface area (Å²) in [4.78, 5) is 0. The van der Waals surface area contributed by atoms with Crippen LogP contribution in [-0.4, -0.2) is 5.11 Å². The fraction of sp³-hybridized carbons (Fsp3) is 0.188. The average Bonchev–Trinajstić information content (AvgIpc) is 2.46. The second-order valence-electron chi connectivity index (χ2n) is 4.46. The molecular weight excluding hydrogens is 257 g/mol. The molecule has 0 aliphatic carbocycles. The van der Waals surface area contributed by atoms with Crippen molar-refractivity contribution in [3.8, 4) is 11.8 Å². The zero-order valence-electron chi connectivity index (χ0n) is 11.0. The van der Waals surface area contributed by atoms with Gasteiger partial charge in [0.1, 0.15) is 6.61 Å². The monoisotopic (exact) mass is 271 g/mol. The topological polar surface area (TPSA) is 53.2 Å². The van der Waals surface area contributed by atoms with Crippen molar-refractivity contribution in [3.63, 3.8) is 0 Å². The Bertz CT molecular complexity index is 630. The molecule has 0 saturated heterocycles. The van der Waals surface area contributed by atoms with Gasteiger partial charge in [0, 0.05) is 0 Å². The highest BCUT2D eigenvalue weighted by molar-refractivity contribution is 5.33. The van der Waals surface area contributed by atoms with Crippen molar-refractivity contribution < 1.29 is 14.2 Å². The summed E-state index contributed by atoms with van der Waals surface area (Å²) in [6, 6.07) is 13.3. The molecule has 0 radical (unpaired) electrons. The third-order valence-electron chi connectivity index (χ3n) is 2.92. The molecule has 2 rings (SSSR count). The first-order valence-electron chi connectivity index (χ1n) is 6.19. The summed E-state index contributed by atoms with van der Waals surface area (Å²) < 4.78 is 19.1. The molecule has 2 aromatic carbocycles. The first-order chi connectivity index (χ1) is 9.60. The molecule has 0 bridgehead atoms. The predicted molar refractivity (Wildman–Crippen MR) is 72.5 cm³/mol. The molecule has 0 aliphatic rings. The summed E-state index contributed by atoms with van der Waals surface area (Å²) in [7, 11) is 0. The number of nitriles is 1. The van der Waals surface area contributed by atoms with E-state index < -0.39 is 11.9 Å². The van der Waals surface area contributed by atoms with Gasteiger partial charge in [0.15, 0.2) is 11.6 Å². The maximum Gasteiger partial charge on any atom is 0.165 e. The van der Waals surface area contributed by atoms with Gasteiger partial charge in [0.25, 0.3) is 0 Å². The molecule has 4 heteroatoms. The van der Waals surface area contributed by atoms with Crippen molar-refractivity contribution in [2.45, 2.75) is 19.6 Å². The molecule has 102 valence electrons. The second-order valence-corrected chi connectivity index (χ2v) is 4.46. The summed E-state index contributed by atoms with van der Waals surface area (Å²) in [5.41, 5.74) is 1.93. The molecule has 0 fully saturated rings. The third kappa shape index (κ3) is 3.34. The zero-order valence-corrected chi connectivity index (χ0v) is 11.0. The fourth-order valence-electron chi connectivity index (χ4n) is 1.73. The van der Waals surface area contributed by atoms with Gasteiger partial charge in [-0.05, 0) is 42.3 Å². The second kappa shape index (κ2) is 6.18. The highest BCUT2D eigenvalue weighted by Gasteiger charge is 2.08. The van der Waals surface area contributed by atoms with Gasteiger partial charge in [-0.1, -0.05) is 18.2 Å². The van der Waals surface area contributed by atoms with E-state index in [0.29, 0.717) is 11.1 Å². The lowest BCUT2D eigenvalue weighted by Gasteiger charge is -2.10. The van der Waals surface area contributed by atoms with Crippen LogP contribution in [0.5, 0.6) is 5.75 Å². The van der Waals surface area contributed by atoms with Gasteiger partial charge >= 0.3 is 0 Å². The van der Waals surface area contributed by atoms with E-state index in [1.165, 1.54) is 12.1 Å². The van der Waals surface area contributed by atoms with Gasteiger partial charge in [-0.25, -0.2) is 4.39 Å². The van der Waals surface area contributed by atoms with Crippen LogP contribution in [-0.2, 0) is 6.61 Å². The third-order valence-corrected chi connectivity index (χ3v) is 2.92. The molecule has 1 atom stereocenters. The van der Waals surface area contributed by atoms with E-state index >= 15 is 0 Å². The van der Waals surface area contributed by atoms with Crippen molar-refractivity contribution in [1.82, 2.24) is 0 Å². The van der Waals surface area contributed by atoms with E-state index in [2.05, 4.69) is 0 Å². The minimum atomic E-state index is -0.711. The molecule has 0 saturated carbocycles. The zero-order chi connectivity index (χ0) is 14.5. The normalized spacial score (nSPS) is 11.7. The minimum Gasteiger partial charge on any atom is -0.486 e. The largest absolute Gasteiger partial charge is 0.486 e. The van der Waals surface area contributed by atoms with Crippen LogP contribution in [0.25, 0.3) is 0 Å². The lowest BCUT2D eigenvalue weighted by atomic mass is 10.1. The molecule has 20 heavy (non-hydrogen) atoms. The first-order valence-corrected chi connectivity index (χ1v) is 6.19. The number of rotatable bonds is 4. The highest BCUT2D eigenvalue weighted by Crippen LogP contribution is 2.22. The maximum atomic E-state index is 13.8. The van der Waals surface area contributed by atoms with E-state index in [0.717, 1.165) is 5.56 Å². The van der Waals surface area contributed by atoms with Gasteiger partial charge in [0.2, 0.25) is 0 Å². The number of hydrogen-bond donors (Lipinski definition) is 1. The van der Waals surface area contributed by atoms with E-state index in [4.69, 9.17) is 10.00 Å². The summed E-state index contributed by atoms with van der Waals surface area (Å²) in [6.45, 7) is 1.79. The molecular formula is C16H14FNO2. The van der Waals surface area contributed by atoms with E-state index in [1.807, 2.05) is 6.07 Å². The van der Waals surface area contributed by atoms with Crippen LogP contribution in [0.1, 0.15) is 29.7 Å². The van der Waals surface area contributed by atoms with E-state index in [1.54, 1.807) is 37.3 Å². The quantitative estimate of drug-likeness (QED) is 0.928. The van der Waals surface area contributed by atoms with Gasteiger partial charge in [0.05, 0.1) is 17.7 Å². The summed E-state index contributed by atoms with van der Waals surface area (Å²) in [5, 5.41) is 18.1. The van der Waals surface area contributed by atoms with Crippen LogP contribution in [0.15, 0.2) is 42.5 Å². The van der Waals surface area contributed by atoms with E-state index in [-0.39, 0.29) is 12.4 Å². The standard InChI is InChI=1S/C16H14FNO2/c1-11(19)14-6-7-16(15(17)8-14)20-10-13-4-2-12(9-18)3-5-13/h2-8,11,19H,10H2,1H3/t11-/m0/s1. The Morgan fingerprint density at radius 3 is 2.50 bits per heavy atom. The number of aliphatic hydroxyl groups excluding tert-OH is 1. The fourth-order valence-corrected chi connectivity index (χ4v) is 1.73. The van der Waals surface area contributed by atoms with Gasteiger partial charge in [-0.15, -0.1) is 0 Å². The van der Waals surface area contributed by atoms with Gasteiger partial charge in [-0.3, -0.25) is 0 Å². The SMILES string of the molecule is C[C@H](O)c1ccc(OCc2ccc(C#N)cc2)c(F)c1. The Morgan fingerprint density at radius 2 is 1.95 bits per heavy atom. The van der Waals surface area contributed by atoms with Gasteiger partial charge < -0.3 is 9.84 Å². The summed E-state index contributed by atoms with van der Waals surface area (Å²) in [6.07, 6.45) is -0.711. The minimum absolute atomic E-state index is 0.138. The number of hydrogen-bond acceptors (Lipinski definition) is 3. The van der Waals surface area contributed by atoms with Crippen molar-refractivity contribution in [2.75, 3.05) is 0 Å². The molecule has 0 spiro atoms. The number of benzene rings is 2. The van der Waals surface area contributed by atoms with Crippen LogP contribution in [0.3, 0.4) is 0 Å². The molecule has 0 aromatic heterocycles. The number of nitrogens with zero attached hydrogens (tertiary/aromatic N) is 1. The summed E-state index contributed by atoms with van der Waals surface area (Å²) >= 11 is 0. The Kier molecular flexibility index (Phi) is 4.34. The van der Waals surface area contributed by atoms with E-state index in [9.17, 15) is 9.50 Å². The smallest absolute Gasteiger partial charge is 0.165 e. The Balaban J connectivity index is 2.05. The maximum absolute atomic E-state index is 13.8. The first kappa shape index (κ1) is 14.0. The number of ether oxygens (including phenoxy) is 1. The molecule has 0 aliphatic heterocycles. The van der Waals surface area contributed by atoms with Crippen molar-refractivity contribution >= 4 is 0 Å². The van der Waals surface area contributed by atoms with Crippen LogP contribution in [0, 0.1) is 17.1 Å². The lowest BCUT2D eigenvalue weighted by molar-refractivity contribution is 0.198. The molecule has 2 aromatic rings. The average molecular weight is 271 g/mol. The molecule has 3 nitrogen and oxygen atoms in total. The molecule has 0 amide bonds. The van der Waals surface area contributed by atoms with Crippen molar-refractivity contribution in [1.29, 1.82) is 5.26 Å². The summed E-state index contributed by atoms with van der Waals surface area (Å²) in [5.74, 6) is -0.365. The molecule has 0 heterocycles. The molecule has 1 N–H and O–H groups in total. The predicted octanol–water partition coefficient (Wildman–Crippen LogP) is 3.33. The Hall–Kier alpha value is -2.38. The molecule has 0 unspecified atom stereocenters. The van der Waals surface area contributed by atoms with Crippen LogP contribution >= 0.6 is 0 Å². The van der Waals surface area contributed by atoms with Crippen molar-refractivity contribution in [3.05, 3.63) is 65.0 Å². The number of aliphatic hydroxyl groups is 1. The Labute approximate surface area is 116 Å². The number of halogens is 1. The Morgan fingerprint density at radius 1 is 1.25 bits per heavy atom. The lowest BCUT2D eigenvalue weighted by Crippen LogP contribution is -1.99. The van der Waals surface area contributed by atoms with Crippen LogP contribution in [0.2, 0.25) is 0 Å². The van der Waals surface area contributed by atoms with Crippen LogP contribution in [0.4, 0.5) is 4.39 Å². The highest BCUT2D eigenvalue weighted by atomic mass is 19.1. The van der Waals surface area contributed by atoms with Crippen LogP contribution < -0.4 is 4.74 Å².